The summed E-state index contributed by atoms with van der Waals surface area (Å²) < 4.78 is 11.1. The topological polar surface area (TPSA) is 44.5 Å². The molecular weight excluding hydrogens is 226 g/mol. The summed E-state index contributed by atoms with van der Waals surface area (Å²) in [4.78, 5) is 0. The van der Waals surface area contributed by atoms with E-state index in [2.05, 4.69) is 6.07 Å². The van der Waals surface area contributed by atoms with Crippen LogP contribution >= 0.6 is 0 Å². The summed E-state index contributed by atoms with van der Waals surface area (Å²) in [5.74, 6) is 1.79. The van der Waals surface area contributed by atoms with E-state index in [9.17, 15) is 0 Å². The van der Waals surface area contributed by atoms with Crippen LogP contribution in [0.15, 0.2) is 18.2 Å². The van der Waals surface area contributed by atoms with Gasteiger partial charge in [-0.25, -0.2) is 0 Å². The van der Waals surface area contributed by atoms with Crippen LogP contribution in [0.25, 0.3) is 0 Å². The van der Waals surface area contributed by atoms with E-state index in [0.29, 0.717) is 13.2 Å². The highest BCUT2D eigenvalue weighted by molar-refractivity contribution is 5.36. The van der Waals surface area contributed by atoms with Crippen LogP contribution in [-0.4, -0.2) is 13.7 Å². The van der Waals surface area contributed by atoms with Crippen LogP contribution in [0.5, 0.6) is 5.75 Å². The summed E-state index contributed by atoms with van der Waals surface area (Å²) in [6.07, 6.45) is 5.36. The highest BCUT2D eigenvalue weighted by Gasteiger charge is 2.16. The van der Waals surface area contributed by atoms with Gasteiger partial charge in [-0.15, -0.1) is 0 Å². The molecule has 1 aromatic rings. The number of methoxy groups -OCH3 is 1. The van der Waals surface area contributed by atoms with E-state index < -0.39 is 0 Å². The quantitative estimate of drug-likeness (QED) is 0.756. The van der Waals surface area contributed by atoms with Crippen molar-refractivity contribution in [2.45, 2.75) is 38.8 Å². The fourth-order valence-electron chi connectivity index (χ4n) is 2.29. The molecular formula is C15H23NO2. The lowest BCUT2D eigenvalue weighted by Crippen LogP contribution is -2.13. The number of rotatable bonds is 7. The first-order valence-corrected chi connectivity index (χ1v) is 6.77. The normalized spacial score (nSPS) is 15.4. The number of nitrogens with two attached hydrogens (primary N) is 1. The van der Waals surface area contributed by atoms with E-state index >= 15 is 0 Å². The van der Waals surface area contributed by atoms with Crippen molar-refractivity contribution < 1.29 is 9.47 Å². The fourth-order valence-corrected chi connectivity index (χ4v) is 2.29. The van der Waals surface area contributed by atoms with Crippen LogP contribution in [0.3, 0.4) is 0 Å². The van der Waals surface area contributed by atoms with Crippen molar-refractivity contribution in [3.63, 3.8) is 0 Å². The lowest BCUT2D eigenvalue weighted by atomic mass is 9.83. The molecule has 1 fully saturated rings. The smallest absolute Gasteiger partial charge is 0.124 e. The molecule has 3 heteroatoms. The van der Waals surface area contributed by atoms with Gasteiger partial charge < -0.3 is 15.2 Å². The summed E-state index contributed by atoms with van der Waals surface area (Å²) >= 11 is 0. The Morgan fingerprint density at radius 1 is 1.33 bits per heavy atom. The van der Waals surface area contributed by atoms with Gasteiger partial charge in [0.05, 0.1) is 13.7 Å². The standard InChI is InChI=1S/C15H23NO2/c1-17-15-6-5-13(10-16)9-14(15)11-18-8-7-12-3-2-4-12/h5-6,9,12H,2-4,7-8,10-11,16H2,1H3. The van der Waals surface area contributed by atoms with Gasteiger partial charge >= 0.3 is 0 Å². The van der Waals surface area contributed by atoms with Crippen molar-refractivity contribution in [1.29, 1.82) is 0 Å². The molecule has 2 rings (SSSR count). The first-order chi connectivity index (χ1) is 8.83. The van der Waals surface area contributed by atoms with Crippen molar-refractivity contribution in [1.82, 2.24) is 0 Å². The third-order valence-electron chi connectivity index (χ3n) is 3.73. The Kier molecular flexibility index (Phi) is 5.02. The molecule has 1 aliphatic rings. The number of hydrogen-bond donors (Lipinski definition) is 1. The molecule has 3 nitrogen and oxygen atoms in total. The van der Waals surface area contributed by atoms with Crippen LogP contribution in [0.1, 0.15) is 36.8 Å². The van der Waals surface area contributed by atoms with E-state index in [1.807, 2.05) is 12.1 Å². The van der Waals surface area contributed by atoms with Gasteiger partial charge in [0.25, 0.3) is 0 Å². The number of ether oxygens (including phenoxy) is 2. The van der Waals surface area contributed by atoms with Crippen LogP contribution in [0.4, 0.5) is 0 Å². The van der Waals surface area contributed by atoms with E-state index in [4.69, 9.17) is 15.2 Å². The predicted molar refractivity (Wildman–Crippen MR) is 72.5 cm³/mol. The molecule has 0 amide bonds. The van der Waals surface area contributed by atoms with E-state index in [0.717, 1.165) is 29.4 Å². The zero-order chi connectivity index (χ0) is 12.8. The fraction of sp³-hybridized carbons (Fsp3) is 0.600. The molecule has 0 spiro atoms. The van der Waals surface area contributed by atoms with Crippen molar-refractivity contribution in [2.75, 3.05) is 13.7 Å². The second-order valence-corrected chi connectivity index (χ2v) is 4.99. The predicted octanol–water partition coefficient (Wildman–Crippen LogP) is 2.86. The molecule has 1 aliphatic carbocycles. The molecule has 0 unspecified atom stereocenters. The van der Waals surface area contributed by atoms with E-state index in [1.165, 1.54) is 25.7 Å². The van der Waals surface area contributed by atoms with Crippen molar-refractivity contribution in [3.8, 4) is 5.75 Å². The molecule has 1 saturated carbocycles. The summed E-state index contributed by atoms with van der Waals surface area (Å²) in [6.45, 7) is 2.02. The lowest BCUT2D eigenvalue weighted by molar-refractivity contribution is 0.0936. The van der Waals surface area contributed by atoms with Gasteiger partial charge in [0.2, 0.25) is 0 Å². The first kappa shape index (κ1) is 13.4. The monoisotopic (exact) mass is 249 g/mol. The zero-order valence-electron chi connectivity index (χ0n) is 11.2. The zero-order valence-corrected chi connectivity index (χ0v) is 11.2. The maximum atomic E-state index is 5.75. The molecule has 0 heterocycles. The SMILES string of the molecule is COc1ccc(CN)cc1COCCC1CCC1. The Balaban J connectivity index is 1.82. The van der Waals surface area contributed by atoms with Gasteiger partial charge in [-0.2, -0.15) is 0 Å². The van der Waals surface area contributed by atoms with Crippen molar-refractivity contribution in [3.05, 3.63) is 29.3 Å². The minimum Gasteiger partial charge on any atom is -0.496 e. The second kappa shape index (κ2) is 6.76. The molecule has 0 bridgehead atoms. The van der Waals surface area contributed by atoms with Gasteiger partial charge in [0.15, 0.2) is 0 Å². The molecule has 1 aromatic carbocycles. The Morgan fingerprint density at radius 3 is 2.78 bits per heavy atom. The maximum absolute atomic E-state index is 5.75. The molecule has 0 aliphatic heterocycles. The van der Waals surface area contributed by atoms with E-state index in [-0.39, 0.29) is 0 Å². The number of benzene rings is 1. The van der Waals surface area contributed by atoms with Gasteiger partial charge in [0.1, 0.15) is 5.75 Å². The molecule has 0 aromatic heterocycles. The number of hydrogen-bond acceptors (Lipinski definition) is 3. The average molecular weight is 249 g/mol. The minimum absolute atomic E-state index is 0.555. The molecule has 0 radical (unpaired) electrons. The molecule has 18 heavy (non-hydrogen) atoms. The lowest BCUT2D eigenvalue weighted by Gasteiger charge is -2.24. The Morgan fingerprint density at radius 2 is 2.17 bits per heavy atom. The highest BCUT2D eigenvalue weighted by atomic mass is 16.5. The highest BCUT2D eigenvalue weighted by Crippen LogP contribution is 2.29. The van der Waals surface area contributed by atoms with E-state index in [1.54, 1.807) is 7.11 Å². The van der Waals surface area contributed by atoms with Gasteiger partial charge in [-0.3, -0.25) is 0 Å². The largest absolute Gasteiger partial charge is 0.496 e. The van der Waals surface area contributed by atoms with Crippen LogP contribution in [-0.2, 0) is 17.9 Å². The molecule has 100 valence electrons. The summed E-state index contributed by atoms with van der Waals surface area (Å²) in [7, 11) is 1.69. The minimum atomic E-state index is 0.555. The Labute approximate surface area is 109 Å². The molecule has 2 N–H and O–H groups in total. The third-order valence-corrected chi connectivity index (χ3v) is 3.73. The van der Waals surface area contributed by atoms with Crippen molar-refractivity contribution in [2.24, 2.45) is 11.7 Å². The Bertz CT molecular complexity index is 375. The summed E-state index contributed by atoms with van der Waals surface area (Å²) in [6, 6.07) is 6.03. The van der Waals surface area contributed by atoms with Crippen LogP contribution in [0, 0.1) is 5.92 Å². The average Bonchev–Trinajstić information content (AvgIpc) is 2.36. The van der Waals surface area contributed by atoms with Crippen molar-refractivity contribution >= 4 is 0 Å². The van der Waals surface area contributed by atoms with Gasteiger partial charge in [-0.1, -0.05) is 25.3 Å². The Hall–Kier alpha value is -1.06. The molecule has 0 atom stereocenters. The summed E-state index contributed by atoms with van der Waals surface area (Å²) in [5, 5.41) is 0. The van der Waals surface area contributed by atoms with Crippen LogP contribution in [0.2, 0.25) is 0 Å². The first-order valence-electron chi connectivity index (χ1n) is 6.77. The third kappa shape index (κ3) is 3.47. The molecule has 0 saturated heterocycles. The maximum Gasteiger partial charge on any atom is 0.124 e. The van der Waals surface area contributed by atoms with Crippen LogP contribution < -0.4 is 10.5 Å². The second-order valence-electron chi connectivity index (χ2n) is 4.99. The van der Waals surface area contributed by atoms with Gasteiger partial charge in [0, 0.05) is 18.7 Å². The van der Waals surface area contributed by atoms with Gasteiger partial charge in [-0.05, 0) is 30.0 Å². The summed E-state index contributed by atoms with van der Waals surface area (Å²) in [5.41, 5.74) is 7.86.